The predicted molar refractivity (Wildman–Crippen MR) is 88.1 cm³/mol. The van der Waals surface area contributed by atoms with Gasteiger partial charge in [-0.25, -0.2) is 0 Å². The van der Waals surface area contributed by atoms with Crippen molar-refractivity contribution in [1.29, 1.82) is 0 Å². The molecule has 0 atom stereocenters. The second-order valence-electron chi connectivity index (χ2n) is 4.45. The molecule has 0 aromatic heterocycles. The van der Waals surface area contributed by atoms with E-state index < -0.39 is 0 Å². The summed E-state index contributed by atoms with van der Waals surface area (Å²) >= 11 is 7.85. The quantitative estimate of drug-likeness (QED) is 0.792. The maximum atomic E-state index is 12.3. The van der Waals surface area contributed by atoms with Gasteiger partial charge >= 0.3 is 0 Å². The highest BCUT2D eigenvalue weighted by Crippen LogP contribution is 2.21. The lowest BCUT2D eigenvalue weighted by molar-refractivity contribution is 0.0784. The third-order valence-corrected chi connectivity index (χ3v) is 4.04. The van der Waals surface area contributed by atoms with Gasteiger partial charge in [-0.2, -0.15) is 0 Å². The summed E-state index contributed by atoms with van der Waals surface area (Å²) in [5.74, 6) is -0.0111. The summed E-state index contributed by atoms with van der Waals surface area (Å²) in [5.41, 5.74) is 1.47. The largest absolute Gasteiger partial charge is 0.507 e. The highest BCUT2D eigenvalue weighted by Gasteiger charge is 2.13. The number of hydrogen-bond donors (Lipinski definition) is 1. The number of benzene rings is 2. The molecule has 2 rings (SSSR count). The fourth-order valence-electron chi connectivity index (χ4n) is 1.80. The lowest BCUT2D eigenvalue weighted by atomic mass is 10.1. The van der Waals surface area contributed by atoms with Crippen LogP contribution in [0.5, 0.6) is 5.75 Å². The Kier molecular flexibility index (Phi) is 4.88. The van der Waals surface area contributed by atoms with E-state index >= 15 is 0 Å². The van der Waals surface area contributed by atoms with Gasteiger partial charge in [0.15, 0.2) is 0 Å². The molecule has 0 heterocycles. The Balaban J connectivity index is 2.11. The van der Waals surface area contributed by atoms with Crippen LogP contribution in [0, 0.1) is 3.57 Å². The van der Waals surface area contributed by atoms with E-state index in [0.29, 0.717) is 17.1 Å². The normalized spacial score (nSPS) is 10.3. The highest BCUT2D eigenvalue weighted by atomic mass is 127. The maximum Gasteiger partial charge on any atom is 0.254 e. The van der Waals surface area contributed by atoms with Crippen LogP contribution in [0.15, 0.2) is 42.5 Å². The summed E-state index contributed by atoms with van der Waals surface area (Å²) in [4.78, 5) is 13.9. The molecule has 0 saturated heterocycles. The minimum absolute atomic E-state index is 0.122. The number of carbonyl (C=O) groups is 1. The Hall–Kier alpha value is -1.27. The van der Waals surface area contributed by atoms with Crippen LogP contribution >= 0.6 is 34.2 Å². The number of aromatic hydroxyl groups is 1. The van der Waals surface area contributed by atoms with Gasteiger partial charge in [-0.1, -0.05) is 23.7 Å². The third kappa shape index (κ3) is 3.64. The van der Waals surface area contributed by atoms with Gasteiger partial charge in [0.2, 0.25) is 0 Å². The van der Waals surface area contributed by atoms with E-state index in [1.165, 1.54) is 6.07 Å². The van der Waals surface area contributed by atoms with Crippen molar-refractivity contribution in [3.8, 4) is 5.75 Å². The van der Waals surface area contributed by atoms with E-state index in [9.17, 15) is 9.90 Å². The molecule has 3 nitrogen and oxygen atoms in total. The molecule has 1 amide bonds. The molecule has 0 unspecified atom stereocenters. The first-order valence-electron chi connectivity index (χ1n) is 5.96. The molecule has 0 radical (unpaired) electrons. The van der Waals surface area contributed by atoms with E-state index in [1.807, 2.05) is 34.7 Å². The molecule has 0 aliphatic carbocycles. The van der Waals surface area contributed by atoms with Gasteiger partial charge in [0, 0.05) is 24.2 Å². The zero-order chi connectivity index (χ0) is 14.7. The first-order valence-corrected chi connectivity index (χ1v) is 7.41. The maximum absolute atomic E-state index is 12.3. The number of carbonyl (C=O) groups excluding carboxylic acids is 1. The lowest BCUT2D eigenvalue weighted by Gasteiger charge is -2.17. The van der Waals surface area contributed by atoms with Crippen LogP contribution in [-0.4, -0.2) is 23.0 Å². The summed E-state index contributed by atoms with van der Waals surface area (Å²) in [6, 6.07) is 12.3. The Labute approximate surface area is 136 Å². The van der Waals surface area contributed by atoms with Crippen molar-refractivity contribution in [2.45, 2.75) is 6.54 Å². The molecule has 1 N–H and O–H groups in total. The van der Waals surface area contributed by atoms with Gasteiger partial charge in [-0.15, -0.1) is 0 Å². The molecule has 104 valence electrons. The van der Waals surface area contributed by atoms with E-state index in [-0.39, 0.29) is 11.7 Å². The molecule has 20 heavy (non-hydrogen) atoms. The molecule has 0 spiro atoms. The standard InChI is InChI=1S/C15H13ClINO2/c1-18(9-10-2-5-12(16)6-3-10)15(20)11-4-7-13(17)14(19)8-11/h2-8,19H,9H2,1H3. The molecular weight excluding hydrogens is 389 g/mol. The molecule has 0 saturated carbocycles. The lowest BCUT2D eigenvalue weighted by Crippen LogP contribution is -2.26. The molecule has 0 aliphatic heterocycles. The molecule has 2 aromatic rings. The minimum Gasteiger partial charge on any atom is -0.507 e. The Morgan fingerprint density at radius 3 is 2.50 bits per heavy atom. The van der Waals surface area contributed by atoms with Crippen molar-refractivity contribution in [1.82, 2.24) is 4.90 Å². The minimum atomic E-state index is -0.133. The van der Waals surface area contributed by atoms with Crippen molar-refractivity contribution >= 4 is 40.1 Å². The van der Waals surface area contributed by atoms with Gasteiger partial charge in [0.1, 0.15) is 5.75 Å². The van der Waals surface area contributed by atoms with Crippen LogP contribution in [0.3, 0.4) is 0 Å². The fraction of sp³-hybridized carbons (Fsp3) is 0.133. The number of amides is 1. The zero-order valence-electron chi connectivity index (χ0n) is 10.8. The van der Waals surface area contributed by atoms with Crippen LogP contribution < -0.4 is 0 Å². The number of halogens is 2. The number of phenols is 1. The van der Waals surface area contributed by atoms with Gasteiger partial charge in [0.05, 0.1) is 3.57 Å². The highest BCUT2D eigenvalue weighted by molar-refractivity contribution is 14.1. The van der Waals surface area contributed by atoms with Crippen LogP contribution in [0.1, 0.15) is 15.9 Å². The van der Waals surface area contributed by atoms with E-state index in [0.717, 1.165) is 9.13 Å². The summed E-state index contributed by atoms with van der Waals surface area (Å²) in [6.07, 6.45) is 0. The van der Waals surface area contributed by atoms with Crippen molar-refractivity contribution < 1.29 is 9.90 Å². The Morgan fingerprint density at radius 2 is 1.90 bits per heavy atom. The van der Waals surface area contributed by atoms with Gasteiger partial charge in [-0.05, 0) is 58.5 Å². The SMILES string of the molecule is CN(Cc1ccc(Cl)cc1)C(=O)c1ccc(I)c(O)c1. The number of nitrogens with zero attached hydrogens (tertiary/aromatic N) is 1. The molecule has 0 fully saturated rings. The number of phenolic OH excluding ortho intramolecular Hbond substituents is 1. The first-order chi connectivity index (χ1) is 9.47. The average Bonchev–Trinajstić information content (AvgIpc) is 2.43. The molecule has 0 bridgehead atoms. The van der Waals surface area contributed by atoms with Crippen LogP contribution in [0.4, 0.5) is 0 Å². The van der Waals surface area contributed by atoms with Gasteiger partial charge in [0.25, 0.3) is 5.91 Å². The molecule has 5 heteroatoms. The summed E-state index contributed by atoms with van der Waals surface area (Å²) in [6.45, 7) is 0.489. The van der Waals surface area contributed by atoms with E-state index in [1.54, 1.807) is 36.2 Å². The number of hydrogen-bond acceptors (Lipinski definition) is 2. The van der Waals surface area contributed by atoms with Gasteiger partial charge < -0.3 is 10.0 Å². The topological polar surface area (TPSA) is 40.5 Å². The van der Waals surface area contributed by atoms with Crippen molar-refractivity contribution in [2.24, 2.45) is 0 Å². The molecular formula is C15H13ClINO2. The molecule has 2 aromatic carbocycles. The summed E-state index contributed by atoms with van der Waals surface area (Å²) < 4.78 is 0.722. The van der Waals surface area contributed by atoms with Gasteiger partial charge in [-0.3, -0.25) is 4.79 Å². The predicted octanol–water partition coefficient (Wildman–Crippen LogP) is 3.92. The first kappa shape index (κ1) is 15.1. The second kappa shape index (κ2) is 6.45. The number of rotatable bonds is 3. The van der Waals surface area contributed by atoms with Crippen LogP contribution in [0.25, 0.3) is 0 Å². The van der Waals surface area contributed by atoms with E-state index in [2.05, 4.69) is 0 Å². The summed E-state index contributed by atoms with van der Waals surface area (Å²) in [5, 5.41) is 10.3. The van der Waals surface area contributed by atoms with Crippen molar-refractivity contribution in [2.75, 3.05) is 7.05 Å². The Bertz CT molecular complexity index is 628. The van der Waals surface area contributed by atoms with Crippen molar-refractivity contribution in [3.63, 3.8) is 0 Å². The fourth-order valence-corrected chi connectivity index (χ4v) is 2.26. The van der Waals surface area contributed by atoms with Crippen LogP contribution in [0.2, 0.25) is 5.02 Å². The third-order valence-electron chi connectivity index (χ3n) is 2.87. The summed E-state index contributed by atoms with van der Waals surface area (Å²) in [7, 11) is 1.73. The monoisotopic (exact) mass is 401 g/mol. The molecule has 0 aliphatic rings. The second-order valence-corrected chi connectivity index (χ2v) is 6.05. The zero-order valence-corrected chi connectivity index (χ0v) is 13.7. The smallest absolute Gasteiger partial charge is 0.254 e. The van der Waals surface area contributed by atoms with Crippen LogP contribution in [-0.2, 0) is 6.54 Å². The average molecular weight is 402 g/mol. The Morgan fingerprint density at radius 1 is 1.25 bits per heavy atom. The van der Waals surface area contributed by atoms with E-state index in [4.69, 9.17) is 11.6 Å². The van der Waals surface area contributed by atoms with Crippen molar-refractivity contribution in [3.05, 3.63) is 62.2 Å².